The summed E-state index contributed by atoms with van der Waals surface area (Å²) in [5.74, 6) is 0.485. The molecule has 0 amide bonds. The summed E-state index contributed by atoms with van der Waals surface area (Å²) >= 11 is 0. The van der Waals surface area contributed by atoms with E-state index < -0.39 is 40.4 Å². The van der Waals surface area contributed by atoms with Gasteiger partial charge in [-0.15, -0.1) is 0 Å². The highest BCUT2D eigenvalue weighted by atomic mass is 16.7. The smallest absolute Gasteiger partial charge is 0.350 e. The second kappa shape index (κ2) is 19.5. The number of esters is 1. The number of likely N-dealkylation sites (N-methyl/N-ethyl adjacent to an activating group) is 1. The number of ketones is 2. The lowest BCUT2D eigenvalue weighted by Crippen LogP contribution is -2.65. The van der Waals surface area contributed by atoms with Crippen molar-refractivity contribution < 1.29 is 34.1 Å². The molecule has 6 aliphatic carbocycles. The fourth-order valence-corrected chi connectivity index (χ4v) is 16.9. The van der Waals surface area contributed by atoms with Crippen molar-refractivity contribution in [2.75, 3.05) is 33.4 Å². The van der Waals surface area contributed by atoms with E-state index in [1.807, 2.05) is 38.4 Å². The van der Waals surface area contributed by atoms with Gasteiger partial charge in [0.05, 0.1) is 18.9 Å². The maximum absolute atomic E-state index is 16.2. The molecular formula is C62H80N6O7. The fraction of sp³-hybridized carbons (Fsp3) is 0.597. The summed E-state index contributed by atoms with van der Waals surface area (Å²) in [5, 5.41) is 40.0. The first-order valence-corrected chi connectivity index (χ1v) is 28.7. The number of dihydropyridines is 2. The number of Topliss-reactive ketones (excluding diaryl/α,β-unsaturated/α-hetero) is 2. The third kappa shape index (κ3) is 8.26. The van der Waals surface area contributed by atoms with E-state index >= 15 is 14.4 Å². The van der Waals surface area contributed by atoms with Crippen LogP contribution in [0.2, 0.25) is 0 Å². The molecule has 1 aromatic carbocycles. The van der Waals surface area contributed by atoms with E-state index in [0.717, 1.165) is 80.4 Å². The summed E-state index contributed by atoms with van der Waals surface area (Å²) in [5.41, 5.74) is 9.03. The quantitative estimate of drug-likeness (QED) is 0.0461. The first kappa shape index (κ1) is 50.9. The van der Waals surface area contributed by atoms with E-state index in [9.17, 15) is 10.2 Å². The standard InChI is InChI=1S/C62H80N6O7/c1-5-67-60-24-20-38(22-26-69)54-53(60)46-18-17-37(44-12-6-10-42(31-60)50(44)46)11-8-23-59(3,29-36-14-19-48(63)66-33-36)30-41-9-7-13-47-51(41)56(72)62(58(73)74-54)61(75-62,55(47)71)32-43(34-70)35(2)27-39-15-16-40-28-49(64-4)68-57-52(40)45(39)21-25-65-57/h6-7,9-10,13-14,17-19,21,31,33,37-40,44,46,48-50,53-54,64-70H,5,8,11-12,15-16,20,22-30,32,34,63H2,1-4H3/b43-35-/t37-,38-,39+,40-,44+,46-,48?,49-,50+,53-,54-,59+,60+,61+,62+/m1/s1. The summed E-state index contributed by atoms with van der Waals surface area (Å²) in [6.45, 7) is 7.44. The second-order valence-electron chi connectivity index (χ2n) is 24.8. The van der Waals surface area contributed by atoms with Gasteiger partial charge in [-0.1, -0.05) is 86.6 Å². The normalized spacial score (nSPS) is 40.3. The highest BCUT2D eigenvalue weighted by Gasteiger charge is 2.86. The van der Waals surface area contributed by atoms with E-state index in [0.29, 0.717) is 62.0 Å². The van der Waals surface area contributed by atoms with E-state index in [4.69, 9.17) is 15.2 Å². The number of carbonyl (C=O) groups excluding carboxylic acids is 3. The number of ether oxygens (including phenoxy) is 2. The molecule has 1 spiro atoms. The Morgan fingerprint density at radius 3 is 2.68 bits per heavy atom. The number of aliphatic hydroxyl groups is 2. The summed E-state index contributed by atoms with van der Waals surface area (Å²) in [6, 6.07) is 5.55. The highest BCUT2D eigenvalue weighted by molar-refractivity contribution is 6.33. The minimum Gasteiger partial charge on any atom is -0.459 e. The van der Waals surface area contributed by atoms with Crippen LogP contribution < -0.4 is 32.3 Å². The number of aliphatic hydroxyl groups excluding tert-OH is 2. The number of allylic oxidation sites excluding steroid dienone is 10. The lowest BCUT2D eigenvalue weighted by molar-refractivity contribution is -0.170. The van der Waals surface area contributed by atoms with Gasteiger partial charge in [0.2, 0.25) is 5.78 Å². The van der Waals surface area contributed by atoms with Gasteiger partial charge >= 0.3 is 5.97 Å². The number of nitrogens with one attached hydrogen (secondary N) is 5. The molecule has 0 radical (unpaired) electrons. The number of nitrogens with two attached hydrogens (primary N) is 1. The Kier molecular flexibility index (Phi) is 13.3. The van der Waals surface area contributed by atoms with Gasteiger partial charge in [-0.05, 0) is 184 Å². The number of hydrogen-bond donors (Lipinski definition) is 8. The van der Waals surface area contributed by atoms with Gasteiger partial charge in [0.25, 0.3) is 5.60 Å². The van der Waals surface area contributed by atoms with Crippen molar-refractivity contribution in [1.82, 2.24) is 26.6 Å². The maximum atomic E-state index is 16.2. The van der Waals surface area contributed by atoms with Crippen LogP contribution >= 0.6 is 0 Å². The summed E-state index contributed by atoms with van der Waals surface area (Å²) < 4.78 is 14.0. The molecule has 2 saturated carbocycles. The molecule has 1 aromatic rings. The van der Waals surface area contributed by atoms with Crippen LogP contribution in [0.15, 0.2) is 112 Å². The molecule has 6 aliphatic heterocycles. The number of benzene rings is 1. The van der Waals surface area contributed by atoms with E-state index in [1.54, 1.807) is 6.07 Å². The predicted octanol–water partition coefficient (Wildman–Crippen LogP) is 7.02. The second-order valence-corrected chi connectivity index (χ2v) is 24.8. The molecule has 13 rings (SSSR count). The monoisotopic (exact) mass is 1020 g/mol. The molecule has 13 heteroatoms. The van der Waals surface area contributed by atoms with Crippen molar-refractivity contribution in [1.29, 1.82) is 0 Å². The molecule has 6 heterocycles. The predicted molar refractivity (Wildman–Crippen MR) is 288 cm³/mol. The number of fused-ring (bicyclic) bond motifs is 5. The zero-order valence-electron chi connectivity index (χ0n) is 44.5. The van der Waals surface area contributed by atoms with E-state index in [2.05, 4.69) is 83.0 Å². The third-order valence-corrected chi connectivity index (χ3v) is 20.4. The van der Waals surface area contributed by atoms with Gasteiger partial charge < -0.3 is 52.0 Å². The SMILES string of the molecule is CCN[C@]12C=C3C=CC[C@@H]4[C@H]3[C@H]3C=C[C@H]4CCC[C@@](C)(CC4=CNC(N)C=C4)Cc4cccc5c4C(=O)[C@]4(O[C@@]4(C/C(CO)=C(\C)C[C@@H]4CC[C@@H]6C[C@H](NC)NC7=C6C4=CCN7)C5=O)C(=O)O[C@H]([C@@H](CCO)CC1)[C@@H]32. The van der Waals surface area contributed by atoms with Crippen LogP contribution in [0.4, 0.5) is 0 Å². The van der Waals surface area contributed by atoms with Crippen LogP contribution in [0.5, 0.6) is 0 Å². The molecule has 1 saturated heterocycles. The topological polar surface area (TPSA) is 200 Å². The Morgan fingerprint density at radius 2 is 1.89 bits per heavy atom. The largest absolute Gasteiger partial charge is 0.459 e. The lowest BCUT2D eigenvalue weighted by atomic mass is 9.49. The molecule has 0 aromatic heterocycles. The van der Waals surface area contributed by atoms with E-state index in [-0.39, 0.29) is 78.1 Å². The van der Waals surface area contributed by atoms with Crippen LogP contribution in [0.25, 0.3) is 0 Å². The van der Waals surface area contributed by atoms with Crippen molar-refractivity contribution in [3.8, 4) is 0 Å². The Morgan fingerprint density at radius 1 is 1.03 bits per heavy atom. The molecule has 3 fully saturated rings. The zero-order valence-corrected chi connectivity index (χ0v) is 44.5. The Labute approximate surface area is 443 Å². The van der Waals surface area contributed by atoms with Gasteiger partial charge in [0.1, 0.15) is 11.9 Å². The zero-order chi connectivity index (χ0) is 52.0. The first-order valence-electron chi connectivity index (χ1n) is 28.7. The molecule has 1 unspecified atom stereocenters. The van der Waals surface area contributed by atoms with Crippen molar-refractivity contribution in [3.63, 3.8) is 0 Å². The lowest BCUT2D eigenvalue weighted by Gasteiger charge is -2.59. The van der Waals surface area contributed by atoms with Crippen LogP contribution in [-0.4, -0.2) is 96.3 Å². The maximum Gasteiger partial charge on any atom is 0.350 e. The Hall–Kier alpha value is -4.89. The minimum atomic E-state index is -2.28. The molecule has 9 N–H and O–H groups in total. The average molecular weight is 1020 g/mol. The molecule has 400 valence electrons. The van der Waals surface area contributed by atoms with Crippen molar-refractivity contribution in [3.05, 3.63) is 129 Å². The van der Waals surface area contributed by atoms with Crippen LogP contribution in [0.1, 0.15) is 131 Å². The molecule has 75 heavy (non-hydrogen) atoms. The molecular weight excluding hydrogens is 941 g/mol. The van der Waals surface area contributed by atoms with Gasteiger partial charge in [0.15, 0.2) is 11.4 Å². The average Bonchev–Trinajstić information content (AvgIpc) is 4.24. The summed E-state index contributed by atoms with van der Waals surface area (Å²) in [4.78, 5) is 48.1. The van der Waals surface area contributed by atoms with Gasteiger partial charge in [-0.3, -0.25) is 9.59 Å². The van der Waals surface area contributed by atoms with Gasteiger partial charge in [-0.25, -0.2) is 4.79 Å². The fourth-order valence-electron chi connectivity index (χ4n) is 16.9. The molecule has 15 atom stereocenters. The number of hydrogen-bond acceptors (Lipinski definition) is 13. The number of epoxide rings is 1. The van der Waals surface area contributed by atoms with E-state index in [1.165, 1.54) is 16.7 Å². The summed E-state index contributed by atoms with van der Waals surface area (Å²) in [7, 11) is 1.99. The van der Waals surface area contributed by atoms with Crippen molar-refractivity contribution in [2.45, 2.75) is 146 Å². The molecule has 13 nitrogen and oxygen atoms in total. The molecule has 12 aliphatic rings. The first-order chi connectivity index (χ1) is 36.3. The highest BCUT2D eigenvalue weighted by Crippen LogP contribution is 2.63. The van der Waals surface area contributed by atoms with Crippen molar-refractivity contribution >= 4 is 17.5 Å². The summed E-state index contributed by atoms with van der Waals surface area (Å²) in [6.07, 6.45) is 30.2. The number of rotatable bonds is 12. The molecule has 6 bridgehead atoms. The van der Waals surface area contributed by atoms with Crippen LogP contribution in [0, 0.1) is 52.8 Å². The number of carbonyl (C=O) groups is 3. The van der Waals surface area contributed by atoms with Gasteiger partial charge in [-0.2, -0.15) is 0 Å². The van der Waals surface area contributed by atoms with Crippen molar-refractivity contribution in [2.24, 2.45) is 58.5 Å². The third-order valence-electron chi connectivity index (χ3n) is 20.4. The Bertz CT molecular complexity index is 2790. The minimum absolute atomic E-state index is 0.0236. The Balaban J connectivity index is 0.973. The van der Waals surface area contributed by atoms with Crippen LogP contribution in [0.3, 0.4) is 0 Å². The van der Waals surface area contributed by atoms with Crippen LogP contribution in [-0.2, 0) is 20.7 Å². The van der Waals surface area contributed by atoms with Gasteiger partial charge in [0, 0.05) is 48.4 Å².